The Labute approximate surface area is 123 Å². The van der Waals surface area contributed by atoms with Crippen molar-refractivity contribution < 1.29 is 9.53 Å². The average Bonchev–Trinajstić information content (AvgIpc) is 2.41. The Morgan fingerprint density at radius 2 is 2.16 bits per heavy atom. The summed E-state index contributed by atoms with van der Waals surface area (Å²) in [5.41, 5.74) is 1.06. The zero-order valence-corrected chi connectivity index (χ0v) is 12.3. The molecule has 98 valence electrons. The predicted molar refractivity (Wildman–Crippen MR) is 77.9 cm³/mol. The quantitative estimate of drug-likeness (QED) is 0.865. The van der Waals surface area contributed by atoms with Gasteiger partial charge in [0.05, 0.1) is 12.8 Å². The molecular weight excluding hydrogens is 332 g/mol. The summed E-state index contributed by atoms with van der Waals surface area (Å²) >= 11 is 9.12. The molecule has 0 atom stereocenters. The maximum Gasteiger partial charge on any atom is 0.255 e. The molecule has 0 unspecified atom stereocenters. The van der Waals surface area contributed by atoms with Crippen molar-refractivity contribution in [2.75, 3.05) is 12.4 Å². The van der Waals surface area contributed by atoms with Crippen molar-refractivity contribution in [1.82, 2.24) is 4.98 Å². The summed E-state index contributed by atoms with van der Waals surface area (Å²) in [4.78, 5) is 15.9. The zero-order chi connectivity index (χ0) is 13.8. The van der Waals surface area contributed by atoms with Crippen LogP contribution in [0.4, 0.5) is 5.69 Å². The summed E-state index contributed by atoms with van der Waals surface area (Å²) in [5.74, 6) is 0.393. The Morgan fingerprint density at radius 3 is 2.84 bits per heavy atom. The molecule has 2 aromatic rings. The number of rotatable bonds is 3. The van der Waals surface area contributed by atoms with Crippen molar-refractivity contribution in [3.05, 3.63) is 51.7 Å². The van der Waals surface area contributed by atoms with E-state index in [1.165, 1.54) is 12.3 Å². The number of anilines is 1. The lowest BCUT2D eigenvalue weighted by Gasteiger charge is -2.09. The number of nitrogens with one attached hydrogen (secondary N) is 1. The highest BCUT2D eigenvalue weighted by atomic mass is 79.9. The van der Waals surface area contributed by atoms with Crippen LogP contribution in [0.2, 0.25) is 5.15 Å². The molecule has 2 rings (SSSR count). The lowest BCUT2D eigenvalue weighted by molar-refractivity contribution is 0.102. The molecule has 1 aromatic heterocycles. The molecule has 1 N–H and O–H groups in total. The molecule has 6 heteroatoms. The molecule has 0 aliphatic heterocycles. The molecule has 0 spiro atoms. The van der Waals surface area contributed by atoms with Gasteiger partial charge in [0, 0.05) is 22.3 Å². The van der Waals surface area contributed by atoms with Gasteiger partial charge in [-0.15, -0.1) is 0 Å². The van der Waals surface area contributed by atoms with Gasteiger partial charge in [-0.05, 0) is 40.2 Å². The number of aromatic nitrogens is 1. The number of carbonyl (C=O) groups excluding carboxylic acids is 1. The number of amides is 1. The average molecular weight is 342 g/mol. The number of nitrogens with zero attached hydrogens (tertiary/aromatic N) is 1. The van der Waals surface area contributed by atoms with Gasteiger partial charge in [0.2, 0.25) is 0 Å². The summed E-state index contributed by atoms with van der Waals surface area (Å²) < 4.78 is 5.88. The van der Waals surface area contributed by atoms with E-state index in [1.54, 1.807) is 31.4 Å². The molecule has 0 saturated heterocycles. The minimum absolute atomic E-state index is 0.266. The van der Waals surface area contributed by atoms with Crippen LogP contribution in [0.1, 0.15) is 10.4 Å². The van der Waals surface area contributed by atoms with Gasteiger partial charge >= 0.3 is 0 Å². The van der Waals surface area contributed by atoms with Crippen molar-refractivity contribution in [1.29, 1.82) is 0 Å². The highest BCUT2D eigenvalue weighted by Crippen LogP contribution is 2.27. The Balaban J connectivity index is 2.23. The van der Waals surface area contributed by atoms with Crippen LogP contribution < -0.4 is 10.1 Å². The fourth-order valence-corrected chi connectivity index (χ4v) is 1.98. The molecule has 0 aliphatic carbocycles. The Bertz CT molecular complexity index is 619. The number of pyridine rings is 1. The topological polar surface area (TPSA) is 51.2 Å². The van der Waals surface area contributed by atoms with E-state index < -0.39 is 0 Å². The smallest absolute Gasteiger partial charge is 0.255 e. The van der Waals surface area contributed by atoms with Crippen LogP contribution in [0.15, 0.2) is 41.0 Å². The number of hydrogen-bond acceptors (Lipinski definition) is 3. The SMILES string of the molecule is COc1ccc(Br)c(NC(=O)c2ccnc(Cl)c2)c1. The largest absolute Gasteiger partial charge is 0.497 e. The monoisotopic (exact) mass is 340 g/mol. The van der Waals surface area contributed by atoms with Crippen LogP contribution >= 0.6 is 27.5 Å². The van der Waals surface area contributed by atoms with Crippen molar-refractivity contribution in [2.24, 2.45) is 0 Å². The molecule has 1 heterocycles. The molecule has 19 heavy (non-hydrogen) atoms. The second-order valence-corrected chi connectivity index (χ2v) is 4.91. The normalized spacial score (nSPS) is 10.1. The molecule has 1 amide bonds. The number of benzene rings is 1. The molecule has 0 aliphatic rings. The second-order valence-electron chi connectivity index (χ2n) is 3.67. The van der Waals surface area contributed by atoms with E-state index >= 15 is 0 Å². The molecule has 0 fully saturated rings. The maximum atomic E-state index is 12.1. The van der Waals surface area contributed by atoms with Crippen LogP contribution in [0, 0.1) is 0 Å². The first kappa shape index (κ1) is 13.8. The van der Waals surface area contributed by atoms with Gasteiger partial charge < -0.3 is 10.1 Å². The van der Waals surface area contributed by atoms with Crippen molar-refractivity contribution in [3.63, 3.8) is 0 Å². The van der Waals surface area contributed by atoms with E-state index in [0.717, 1.165) is 4.47 Å². The van der Waals surface area contributed by atoms with Crippen LogP contribution in [-0.4, -0.2) is 18.0 Å². The third-order valence-corrected chi connectivity index (χ3v) is 3.31. The van der Waals surface area contributed by atoms with Gasteiger partial charge in [0.15, 0.2) is 0 Å². The Morgan fingerprint density at radius 1 is 1.37 bits per heavy atom. The highest BCUT2D eigenvalue weighted by molar-refractivity contribution is 9.10. The minimum atomic E-state index is -0.266. The summed E-state index contributed by atoms with van der Waals surface area (Å²) in [5, 5.41) is 3.05. The maximum absolute atomic E-state index is 12.1. The molecule has 0 bridgehead atoms. The molecule has 4 nitrogen and oxygen atoms in total. The number of halogens is 2. The summed E-state index contributed by atoms with van der Waals surface area (Å²) in [6.45, 7) is 0. The van der Waals surface area contributed by atoms with E-state index in [1.807, 2.05) is 0 Å². The van der Waals surface area contributed by atoms with Gasteiger partial charge in [-0.1, -0.05) is 11.6 Å². The molecular formula is C13H10BrClN2O2. The summed E-state index contributed by atoms with van der Waals surface area (Å²) in [6.07, 6.45) is 1.48. The van der Waals surface area contributed by atoms with E-state index in [4.69, 9.17) is 16.3 Å². The van der Waals surface area contributed by atoms with Crippen molar-refractivity contribution in [3.8, 4) is 5.75 Å². The Kier molecular flexibility index (Phi) is 4.39. The van der Waals surface area contributed by atoms with Gasteiger partial charge in [-0.2, -0.15) is 0 Å². The minimum Gasteiger partial charge on any atom is -0.497 e. The third-order valence-electron chi connectivity index (χ3n) is 2.41. The molecule has 1 aromatic carbocycles. The fraction of sp³-hybridized carbons (Fsp3) is 0.0769. The second kappa shape index (κ2) is 6.04. The van der Waals surface area contributed by atoms with Crippen LogP contribution in [0.25, 0.3) is 0 Å². The van der Waals surface area contributed by atoms with Crippen LogP contribution in [-0.2, 0) is 0 Å². The zero-order valence-electron chi connectivity index (χ0n) is 9.98. The molecule has 0 radical (unpaired) electrons. The summed E-state index contributed by atoms with van der Waals surface area (Å²) in [7, 11) is 1.57. The predicted octanol–water partition coefficient (Wildman–Crippen LogP) is 3.76. The van der Waals surface area contributed by atoms with E-state index in [9.17, 15) is 4.79 Å². The third kappa shape index (κ3) is 3.45. The molecule has 0 saturated carbocycles. The first-order chi connectivity index (χ1) is 9.10. The van der Waals surface area contributed by atoms with E-state index in [2.05, 4.69) is 26.2 Å². The Hall–Kier alpha value is -1.59. The van der Waals surface area contributed by atoms with Crippen molar-refractivity contribution in [2.45, 2.75) is 0 Å². The number of ether oxygens (including phenoxy) is 1. The van der Waals surface area contributed by atoms with Crippen molar-refractivity contribution >= 4 is 39.1 Å². The lowest BCUT2D eigenvalue weighted by Crippen LogP contribution is -2.12. The van der Waals surface area contributed by atoms with Gasteiger partial charge in [-0.3, -0.25) is 4.79 Å². The van der Waals surface area contributed by atoms with Gasteiger partial charge in [0.1, 0.15) is 10.9 Å². The number of methoxy groups -OCH3 is 1. The lowest BCUT2D eigenvalue weighted by atomic mass is 10.2. The van der Waals surface area contributed by atoms with Crippen LogP contribution in [0.3, 0.4) is 0 Å². The highest BCUT2D eigenvalue weighted by Gasteiger charge is 2.10. The number of carbonyl (C=O) groups is 1. The first-order valence-corrected chi connectivity index (χ1v) is 6.53. The van der Waals surface area contributed by atoms with Crippen LogP contribution in [0.5, 0.6) is 5.75 Å². The van der Waals surface area contributed by atoms with Gasteiger partial charge in [-0.25, -0.2) is 4.98 Å². The first-order valence-electron chi connectivity index (χ1n) is 5.36. The van der Waals surface area contributed by atoms with E-state index in [0.29, 0.717) is 17.0 Å². The summed E-state index contributed by atoms with van der Waals surface area (Å²) in [6, 6.07) is 8.42. The standard InChI is InChI=1S/C13H10BrClN2O2/c1-19-9-2-3-10(14)11(7-9)17-13(18)8-4-5-16-12(15)6-8/h2-7H,1H3,(H,17,18). The number of hydrogen-bond donors (Lipinski definition) is 1. The van der Waals surface area contributed by atoms with Gasteiger partial charge in [0.25, 0.3) is 5.91 Å². The van der Waals surface area contributed by atoms with E-state index in [-0.39, 0.29) is 11.1 Å². The fourth-order valence-electron chi connectivity index (χ4n) is 1.47.